The van der Waals surface area contributed by atoms with E-state index in [1.165, 1.54) is 7.11 Å². The molecule has 7 heteroatoms. The molecule has 2 unspecified atom stereocenters. The Kier molecular flexibility index (Phi) is 2.47. The van der Waals surface area contributed by atoms with Crippen LogP contribution in [0.1, 0.15) is 23.0 Å². The Morgan fingerprint density at radius 2 is 2.41 bits per heavy atom. The molecule has 0 radical (unpaired) electrons. The molecule has 1 aromatic heterocycles. The van der Waals surface area contributed by atoms with Crippen molar-refractivity contribution >= 4 is 11.8 Å². The molecule has 1 fully saturated rings. The number of ether oxygens (including phenoxy) is 1. The van der Waals surface area contributed by atoms with Gasteiger partial charge in [0.15, 0.2) is 5.82 Å². The molecule has 3 heterocycles. The number of aromatic nitrogens is 3. The summed E-state index contributed by atoms with van der Waals surface area (Å²) in [5.41, 5.74) is 0.282. The van der Waals surface area contributed by atoms with Crippen molar-refractivity contribution in [2.75, 3.05) is 32.1 Å². The molecule has 0 saturated carbocycles. The van der Waals surface area contributed by atoms with Crippen molar-refractivity contribution < 1.29 is 9.53 Å². The summed E-state index contributed by atoms with van der Waals surface area (Å²) < 4.78 is 6.52. The van der Waals surface area contributed by atoms with Gasteiger partial charge in [-0.1, -0.05) is 5.21 Å². The van der Waals surface area contributed by atoms with Crippen molar-refractivity contribution in [3.8, 4) is 0 Å². The molecule has 0 bridgehead atoms. The zero-order valence-corrected chi connectivity index (χ0v) is 9.64. The van der Waals surface area contributed by atoms with Crippen molar-refractivity contribution in [1.29, 1.82) is 0 Å². The summed E-state index contributed by atoms with van der Waals surface area (Å²) in [6.45, 7) is 2.80. The van der Waals surface area contributed by atoms with E-state index in [2.05, 4.69) is 25.7 Å². The minimum atomic E-state index is -0.439. The normalized spacial score (nSPS) is 26.6. The number of nitrogens with one attached hydrogen (secondary N) is 2. The fraction of sp³-hybridized carbons (Fsp3) is 0.700. The van der Waals surface area contributed by atoms with E-state index in [9.17, 15) is 4.79 Å². The summed E-state index contributed by atoms with van der Waals surface area (Å²) in [5.74, 6) is 0.759. The van der Waals surface area contributed by atoms with Gasteiger partial charge in [-0.25, -0.2) is 9.48 Å². The third-order valence-electron chi connectivity index (χ3n) is 3.49. The highest BCUT2D eigenvalue weighted by atomic mass is 16.5. The van der Waals surface area contributed by atoms with Gasteiger partial charge in [-0.3, -0.25) is 0 Å². The van der Waals surface area contributed by atoms with Gasteiger partial charge in [0.25, 0.3) is 0 Å². The quantitative estimate of drug-likeness (QED) is 0.649. The highest BCUT2D eigenvalue weighted by Gasteiger charge is 2.35. The lowest BCUT2D eigenvalue weighted by atomic mass is 9.92. The maximum atomic E-state index is 11.5. The zero-order chi connectivity index (χ0) is 11.8. The van der Waals surface area contributed by atoms with Crippen LogP contribution in [0.25, 0.3) is 0 Å². The Labute approximate surface area is 98.5 Å². The monoisotopic (exact) mass is 237 g/mol. The Morgan fingerprint density at radius 3 is 3.24 bits per heavy atom. The molecule has 3 rings (SSSR count). The first-order valence-electron chi connectivity index (χ1n) is 5.79. The maximum Gasteiger partial charge on any atom is 0.362 e. The molecule has 1 saturated heterocycles. The SMILES string of the molecule is COC(=O)c1nnn2c1NCC1CNCCC12. The molecule has 0 aromatic carbocycles. The number of nitrogens with zero attached hydrogens (tertiary/aromatic N) is 3. The van der Waals surface area contributed by atoms with Gasteiger partial charge in [0.2, 0.25) is 5.69 Å². The van der Waals surface area contributed by atoms with Crippen molar-refractivity contribution in [2.45, 2.75) is 12.5 Å². The first-order chi connectivity index (χ1) is 8.31. The van der Waals surface area contributed by atoms with Crippen molar-refractivity contribution in [1.82, 2.24) is 20.3 Å². The van der Waals surface area contributed by atoms with Gasteiger partial charge in [0.1, 0.15) is 0 Å². The molecule has 0 amide bonds. The van der Waals surface area contributed by atoms with Gasteiger partial charge in [-0.2, -0.15) is 0 Å². The number of carbonyl (C=O) groups excluding carboxylic acids is 1. The number of hydrogen-bond acceptors (Lipinski definition) is 6. The largest absolute Gasteiger partial charge is 0.464 e. The van der Waals surface area contributed by atoms with Crippen LogP contribution in [0.15, 0.2) is 0 Å². The highest BCUT2D eigenvalue weighted by Crippen LogP contribution is 2.32. The van der Waals surface area contributed by atoms with Crippen molar-refractivity contribution in [2.24, 2.45) is 5.92 Å². The van der Waals surface area contributed by atoms with Crippen LogP contribution in [-0.4, -0.2) is 47.7 Å². The van der Waals surface area contributed by atoms with Crippen LogP contribution in [0.3, 0.4) is 0 Å². The van der Waals surface area contributed by atoms with E-state index in [1.807, 2.05) is 4.68 Å². The van der Waals surface area contributed by atoms with E-state index in [1.54, 1.807) is 0 Å². The number of hydrogen-bond donors (Lipinski definition) is 2. The molecule has 1 aromatic rings. The van der Waals surface area contributed by atoms with E-state index in [0.29, 0.717) is 17.8 Å². The summed E-state index contributed by atoms with van der Waals surface area (Å²) in [6.07, 6.45) is 1.02. The molecule has 2 aliphatic heterocycles. The smallest absolute Gasteiger partial charge is 0.362 e. The number of esters is 1. The van der Waals surface area contributed by atoms with Crippen molar-refractivity contribution in [3.63, 3.8) is 0 Å². The van der Waals surface area contributed by atoms with Crippen LogP contribution < -0.4 is 10.6 Å². The molecule has 7 nitrogen and oxygen atoms in total. The Balaban J connectivity index is 1.96. The molecule has 17 heavy (non-hydrogen) atoms. The highest BCUT2D eigenvalue weighted by molar-refractivity contribution is 5.92. The zero-order valence-electron chi connectivity index (χ0n) is 9.64. The van der Waals surface area contributed by atoms with Gasteiger partial charge < -0.3 is 15.4 Å². The number of methoxy groups -OCH3 is 1. The standard InChI is InChI=1S/C10H15N5O2/c1-17-10(16)8-9-12-5-6-4-11-3-2-7(6)15(9)14-13-8/h6-7,11-12H,2-5H2,1H3. The van der Waals surface area contributed by atoms with Gasteiger partial charge in [-0.05, 0) is 13.0 Å². The van der Waals surface area contributed by atoms with Gasteiger partial charge in [0, 0.05) is 19.0 Å². The lowest BCUT2D eigenvalue weighted by molar-refractivity contribution is 0.0595. The first kappa shape index (κ1) is 10.5. The topological polar surface area (TPSA) is 81.1 Å². The Hall–Kier alpha value is -1.63. The Morgan fingerprint density at radius 1 is 1.53 bits per heavy atom. The maximum absolute atomic E-state index is 11.5. The third-order valence-corrected chi connectivity index (χ3v) is 3.49. The molecule has 2 N–H and O–H groups in total. The molecule has 2 aliphatic rings. The van der Waals surface area contributed by atoms with Gasteiger partial charge >= 0.3 is 5.97 Å². The number of carbonyl (C=O) groups is 1. The second-order valence-corrected chi connectivity index (χ2v) is 4.42. The molecule has 0 spiro atoms. The minimum Gasteiger partial charge on any atom is -0.464 e. The summed E-state index contributed by atoms with van der Waals surface area (Å²) >= 11 is 0. The molecular weight excluding hydrogens is 222 g/mol. The lowest BCUT2D eigenvalue weighted by Crippen LogP contribution is -2.44. The molecule has 0 aliphatic carbocycles. The summed E-state index contributed by atoms with van der Waals surface area (Å²) in [4.78, 5) is 11.5. The van der Waals surface area contributed by atoms with Gasteiger partial charge in [-0.15, -0.1) is 5.10 Å². The lowest BCUT2D eigenvalue weighted by Gasteiger charge is -2.36. The van der Waals surface area contributed by atoms with Crippen LogP contribution >= 0.6 is 0 Å². The van der Waals surface area contributed by atoms with E-state index in [4.69, 9.17) is 0 Å². The minimum absolute atomic E-state index is 0.282. The van der Waals surface area contributed by atoms with E-state index in [-0.39, 0.29) is 5.69 Å². The summed E-state index contributed by atoms with van der Waals surface area (Å²) in [5, 5.41) is 14.6. The average Bonchev–Trinajstić information content (AvgIpc) is 2.82. The number of fused-ring (bicyclic) bond motifs is 3. The fourth-order valence-corrected chi connectivity index (χ4v) is 2.59. The van der Waals surface area contributed by atoms with Crippen molar-refractivity contribution in [3.05, 3.63) is 5.69 Å². The second-order valence-electron chi connectivity index (χ2n) is 4.42. The number of anilines is 1. The average molecular weight is 237 g/mol. The van der Waals surface area contributed by atoms with Crippen LogP contribution in [-0.2, 0) is 4.74 Å². The van der Waals surface area contributed by atoms with E-state index < -0.39 is 5.97 Å². The first-order valence-corrected chi connectivity index (χ1v) is 5.79. The van der Waals surface area contributed by atoms with E-state index in [0.717, 1.165) is 26.1 Å². The fourth-order valence-electron chi connectivity index (χ4n) is 2.59. The van der Waals surface area contributed by atoms with Crippen LogP contribution in [0.5, 0.6) is 0 Å². The van der Waals surface area contributed by atoms with Gasteiger partial charge in [0.05, 0.1) is 13.2 Å². The van der Waals surface area contributed by atoms with Crippen LogP contribution in [0, 0.1) is 5.92 Å². The predicted molar refractivity (Wildman–Crippen MR) is 59.9 cm³/mol. The number of rotatable bonds is 1. The molecule has 92 valence electrons. The third kappa shape index (κ3) is 1.57. The number of piperidine rings is 1. The van der Waals surface area contributed by atoms with Crippen LogP contribution in [0.4, 0.5) is 5.82 Å². The molecule has 2 atom stereocenters. The Bertz CT molecular complexity index is 444. The summed E-state index contributed by atoms with van der Waals surface area (Å²) in [6, 6.07) is 0.332. The summed E-state index contributed by atoms with van der Waals surface area (Å²) in [7, 11) is 1.35. The predicted octanol–water partition coefficient (Wildman–Crippen LogP) is -0.359. The molecular formula is C10H15N5O2. The van der Waals surface area contributed by atoms with Crippen LogP contribution in [0.2, 0.25) is 0 Å². The second kappa shape index (κ2) is 3.99. The van der Waals surface area contributed by atoms with E-state index >= 15 is 0 Å².